The molecule has 0 saturated carbocycles. The van der Waals surface area contributed by atoms with E-state index in [1.54, 1.807) is 0 Å². The highest BCUT2D eigenvalue weighted by Gasteiger charge is 2.27. The largest absolute Gasteiger partial charge is 0.411 e. The number of alkyl halides is 3. The van der Waals surface area contributed by atoms with Crippen molar-refractivity contribution in [3.05, 3.63) is 34.3 Å². The maximum atomic E-state index is 11.9. The van der Waals surface area contributed by atoms with Crippen molar-refractivity contribution in [1.82, 2.24) is 0 Å². The van der Waals surface area contributed by atoms with Crippen LogP contribution in [0.25, 0.3) is 0 Å². The second-order valence-corrected chi connectivity index (χ2v) is 5.21. The van der Waals surface area contributed by atoms with Gasteiger partial charge in [-0.2, -0.15) is 13.2 Å². The molecule has 1 unspecified atom stereocenters. The third kappa shape index (κ3) is 6.94. The maximum Gasteiger partial charge on any atom is 0.411 e. The molecule has 0 aromatic heterocycles. The lowest BCUT2D eigenvalue weighted by molar-refractivity contribution is -0.174. The minimum absolute atomic E-state index is 0.104. The van der Waals surface area contributed by atoms with E-state index in [-0.39, 0.29) is 12.5 Å². The van der Waals surface area contributed by atoms with Gasteiger partial charge in [-0.25, -0.2) is 0 Å². The summed E-state index contributed by atoms with van der Waals surface area (Å²) in [6, 6.07) is 7.80. The number of benzene rings is 1. The van der Waals surface area contributed by atoms with Crippen molar-refractivity contribution < 1.29 is 17.9 Å². The molecule has 0 radical (unpaired) electrons. The molecular formula is C13H17BrF3NO. The molecule has 0 aliphatic heterocycles. The monoisotopic (exact) mass is 339 g/mol. The highest BCUT2D eigenvalue weighted by Crippen LogP contribution is 2.22. The molecule has 0 aliphatic rings. The van der Waals surface area contributed by atoms with Crippen LogP contribution in [0.4, 0.5) is 13.2 Å². The molecule has 0 spiro atoms. The lowest BCUT2D eigenvalue weighted by Crippen LogP contribution is -2.18. The zero-order valence-corrected chi connectivity index (χ0v) is 12.0. The summed E-state index contributed by atoms with van der Waals surface area (Å²) >= 11 is 3.35. The highest BCUT2D eigenvalue weighted by atomic mass is 79.9. The summed E-state index contributed by atoms with van der Waals surface area (Å²) in [5.74, 6) is 0.155. The van der Waals surface area contributed by atoms with Gasteiger partial charge in [0.05, 0.1) is 0 Å². The Morgan fingerprint density at radius 2 is 1.84 bits per heavy atom. The zero-order chi connectivity index (χ0) is 14.3. The average Bonchev–Trinajstić information content (AvgIpc) is 2.34. The Morgan fingerprint density at radius 1 is 1.21 bits per heavy atom. The second-order valence-electron chi connectivity index (χ2n) is 4.29. The minimum Gasteiger partial charge on any atom is -0.372 e. The van der Waals surface area contributed by atoms with Crippen molar-refractivity contribution in [2.45, 2.75) is 24.9 Å². The number of hydrogen-bond donors (Lipinski definition) is 1. The normalized spacial score (nSPS) is 13.5. The predicted octanol–water partition coefficient (Wildman–Crippen LogP) is 3.85. The SMILES string of the molecule is NCC(CCCOCC(F)(F)F)c1ccc(Br)cc1. The van der Waals surface area contributed by atoms with Crippen molar-refractivity contribution in [3.8, 4) is 0 Å². The van der Waals surface area contributed by atoms with Crippen LogP contribution in [0.2, 0.25) is 0 Å². The molecule has 108 valence electrons. The van der Waals surface area contributed by atoms with Crippen LogP contribution in [-0.4, -0.2) is 25.9 Å². The van der Waals surface area contributed by atoms with Crippen LogP contribution in [0.1, 0.15) is 24.3 Å². The number of nitrogens with two attached hydrogens (primary N) is 1. The Balaban J connectivity index is 2.31. The van der Waals surface area contributed by atoms with E-state index in [1.807, 2.05) is 24.3 Å². The first-order chi connectivity index (χ1) is 8.92. The van der Waals surface area contributed by atoms with Crippen LogP contribution in [0.3, 0.4) is 0 Å². The summed E-state index contributed by atoms with van der Waals surface area (Å²) < 4.78 is 41.1. The lowest BCUT2D eigenvalue weighted by atomic mass is 9.95. The van der Waals surface area contributed by atoms with Crippen LogP contribution in [-0.2, 0) is 4.74 Å². The second kappa shape index (κ2) is 7.87. The number of halogens is 4. The van der Waals surface area contributed by atoms with E-state index in [2.05, 4.69) is 20.7 Å². The van der Waals surface area contributed by atoms with Gasteiger partial charge in [-0.15, -0.1) is 0 Å². The van der Waals surface area contributed by atoms with E-state index in [4.69, 9.17) is 5.73 Å². The van der Waals surface area contributed by atoms with Gasteiger partial charge in [0.1, 0.15) is 6.61 Å². The minimum atomic E-state index is -4.25. The topological polar surface area (TPSA) is 35.2 Å². The van der Waals surface area contributed by atoms with E-state index < -0.39 is 12.8 Å². The summed E-state index contributed by atoms with van der Waals surface area (Å²) in [7, 11) is 0. The predicted molar refractivity (Wildman–Crippen MR) is 72.0 cm³/mol. The highest BCUT2D eigenvalue weighted by molar-refractivity contribution is 9.10. The Morgan fingerprint density at radius 3 is 2.37 bits per heavy atom. The van der Waals surface area contributed by atoms with Crippen LogP contribution < -0.4 is 5.73 Å². The molecule has 0 aliphatic carbocycles. The number of rotatable bonds is 7. The third-order valence-corrected chi connectivity index (χ3v) is 3.26. The number of ether oxygens (including phenoxy) is 1. The van der Waals surface area contributed by atoms with E-state index in [0.29, 0.717) is 13.0 Å². The zero-order valence-electron chi connectivity index (χ0n) is 10.4. The van der Waals surface area contributed by atoms with Gasteiger partial charge in [-0.3, -0.25) is 0 Å². The summed E-state index contributed by atoms with van der Waals surface area (Å²) in [5.41, 5.74) is 6.79. The molecule has 2 N–H and O–H groups in total. The van der Waals surface area contributed by atoms with E-state index in [1.165, 1.54) is 0 Å². The molecule has 0 saturated heterocycles. The molecule has 0 heterocycles. The molecule has 6 heteroatoms. The molecular weight excluding hydrogens is 323 g/mol. The molecule has 1 aromatic rings. The number of hydrogen-bond acceptors (Lipinski definition) is 2. The van der Waals surface area contributed by atoms with Gasteiger partial charge < -0.3 is 10.5 Å². The Hall–Kier alpha value is -0.590. The molecule has 0 amide bonds. The van der Waals surface area contributed by atoms with Gasteiger partial charge in [0.2, 0.25) is 0 Å². The van der Waals surface area contributed by atoms with Crippen LogP contribution in [0.5, 0.6) is 0 Å². The van der Waals surface area contributed by atoms with Gasteiger partial charge in [0, 0.05) is 11.1 Å². The van der Waals surface area contributed by atoms with Crippen LogP contribution >= 0.6 is 15.9 Å². The van der Waals surface area contributed by atoms with Gasteiger partial charge in [-0.1, -0.05) is 28.1 Å². The lowest BCUT2D eigenvalue weighted by Gasteiger charge is -2.15. The fraction of sp³-hybridized carbons (Fsp3) is 0.538. The quantitative estimate of drug-likeness (QED) is 0.766. The Bertz CT molecular complexity index is 367. The van der Waals surface area contributed by atoms with Crippen molar-refractivity contribution in [3.63, 3.8) is 0 Å². The van der Waals surface area contributed by atoms with Gasteiger partial charge in [0.25, 0.3) is 0 Å². The first-order valence-electron chi connectivity index (χ1n) is 6.02. The molecule has 1 aromatic carbocycles. The molecule has 2 nitrogen and oxygen atoms in total. The van der Waals surface area contributed by atoms with E-state index in [9.17, 15) is 13.2 Å². The molecule has 0 fully saturated rings. The third-order valence-electron chi connectivity index (χ3n) is 2.73. The maximum absolute atomic E-state index is 11.9. The van der Waals surface area contributed by atoms with Crippen molar-refractivity contribution in [2.75, 3.05) is 19.8 Å². The van der Waals surface area contributed by atoms with E-state index >= 15 is 0 Å². The fourth-order valence-corrected chi connectivity index (χ4v) is 2.04. The van der Waals surface area contributed by atoms with Gasteiger partial charge in [-0.05, 0) is 43.0 Å². The average molecular weight is 340 g/mol. The van der Waals surface area contributed by atoms with Crippen molar-refractivity contribution in [2.24, 2.45) is 5.73 Å². The van der Waals surface area contributed by atoms with Crippen molar-refractivity contribution in [1.29, 1.82) is 0 Å². The van der Waals surface area contributed by atoms with Crippen LogP contribution in [0.15, 0.2) is 28.7 Å². The van der Waals surface area contributed by atoms with Crippen molar-refractivity contribution >= 4 is 15.9 Å². The smallest absolute Gasteiger partial charge is 0.372 e. The summed E-state index contributed by atoms with van der Waals surface area (Å²) in [6.45, 7) is -0.605. The molecule has 1 rings (SSSR count). The first kappa shape index (κ1) is 16.5. The fourth-order valence-electron chi connectivity index (χ4n) is 1.78. The standard InChI is InChI=1S/C13H17BrF3NO/c14-12-5-3-10(4-6-12)11(8-18)2-1-7-19-9-13(15,16)17/h3-6,11H,1-2,7-9,18H2. The van der Waals surface area contributed by atoms with Gasteiger partial charge >= 0.3 is 6.18 Å². The van der Waals surface area contributed by atoms with Gasteiger partial charge in [0.15, 0.2) is 0 Å². The van der Waals surface area contributed by atoms with E-state index in [0.717, 1.165) is 16.5 Å². The Kier molecular flexibility index (Phi) is 6.82. The molecule has 19 heavy (non-hydrogen) atoms. The Labute approximate surface area is 119 Å². The molecule has 1 atom stereocenters. The molecule has 0 bridgehead atoms. The summed E-state index contributed by atoms with van der Waals surface area (Å²) in [4.78, 5) is 0. The van der Waals surface area contributed by atoms with Crippen LogP contribution in [0, 0.1) is 0 Å². The first-order valence-corrected chi connectivity index (χ1v) is 6.81. The summed E-state index contributed by atoms with van der Waals surface area (Å²) in [6.07, 6.45) is -2.97. The summed E-state index contributed by atoms with van der Waals surface area (Å²) in [5, 5.41) is 0.